The Hall–Kier alpha value is -2.81. The van der Waals surface area contributed by atoms with Crippen molar-refractivity contribution in [2.24, 2.45) is 0 Å². The van der Waals surface area contributed by atoms with Crippen LogP contribution in [0.3, 0.4) is 0 Å². The van der Waals surface area contributed by atoms with Crippen molar-refractivity contribution in [1.29, 1.82) is 0 Å². The van der Waals surface area contributed by atoms with Gasteiger partial charge in [-0.25, -0.2) is 19.9 Å². The molecule has 0 radical (unpaired) electrons. The van der Waals surface area contributed by atoms with Crippen LogP contribution in [0.1, 0.15) is 0 Å². The molecule has 1 saturated heterocycles. The van der Waals surface area contributed by atoms with Crippen LogP contribution in [0.5, 0.6) is 0 Å². The van der Waals surface area contributed by atoms with E-state index in [0.717, 1.165) is 64.4 Å². The summed E-state index contributed by atoms with van der Waals surface area (Å²) < 4.78 is 6.41. The quantitative estimate of drug-likeness (QED) is 0.448. The lowest BCUT2D eigenvalue weighted by atomic mass is 10.0. The van der Waals surface area contributed by atoms with Crippen LogP contribution < -0.4 is 10.6 Å². The highest BCUT2D eigenvalue weighted by molar-refractivity contribution is 9.10. The van der Waals surface area contributed by atoms with Crippen molar-refractivity contribution >= 4 is 51.0 Å². The lowest BCUT2D eigenvalue weighted by molar-refractivity contribution is 0.122. The zero-order valence-corrected chi connectivity index (χ0v) is 18.9. The largest absolute Gasteiger partial charge is 0.383 e. The van der Waals surface area contributed by atoms with E-state index in [-0.39, 0.29) is 12.4 Å². The van der Waals surface area contributed by atoms with E-state index in [0.29, 0.717) is 11.5 Å². The van der Waals surface area contributed by atoms with Gasteiger partial charge in [0.05, 0.1) is 24.3 Å². The molecule has 1 aromatic carbocycles. The monoisotopic (exact) mass is 498 g/mol. The fraction of sp³-hybridized carbons (Fsp3) is 0.182. The zero-order valence-electron chi connectivity index (χ0n) is 16.5. The van der Waals surface area contributed by atoms with Crippen molar-refractivity contribution in [2.45, 2.75) is 0 Å². The van der Waals surface area contributed by atoms with Gasteiger partial charge in [-0.1, -0.05) is 28.1 Å². The molecule has 0 saturated carbocycles. The number of hydrogen-bond acceptors (Lipinski definition) is 7. The van der Waals surface area contributed by atoms with Gasteiger partial charge in [0.15, 0.2) is 5.65 Å². The van der Waals surface area contributed by atoms with Crippen molar-refractivity contribution in [3.8, 4) is 22.4 Å². The van der Waals surface area contributed by atoms with Crippen LogP contribution in [0.15, 0.2) is 59.5 Å². The summed E-state index contributed by atoms with van der Waals surface area (Å²) in [5.41, 5.74) is 10.4. The van der Waals surface area contributed by atoms with Gasteiger partial charge in [0, 0.05) is 29.3 Å². The average Bonchev–Trinajstić information content (AvgIpc) is 2.79. The molecule has 0 bridgehead atoms. The van der Waals surface area contributed by atoms with Crippen molar-refractivity contribution < 1.29 is 4.74 Å². The fourth-order valence-electron chi connectivity index (χ4n) is 3.64. The number of pyridine rings is 2. The molecule has 5 rings (SSSR count). The standard InChI is InChI=1S/C22H19BrN6O.ClH/c23-16-3-1-2-14(10-16)17-11-18(28-22-20(17)21(24)26-13-27-22)15-4-5-19(25-12-15)29-6-8-30-9-7-29;/h1-5,10-13H,6-9H2,(H2,24,26,27,28);1H. The summed E-state index contributed by atoms with van der Waals surface area (Å²) in [7, 11) is 0. The number of ether oxygens (including phenoxy) is 1. The third-order valence-electron chi connectivity index (χ3n) is 5.15. The minimum Gasteiger partial charge on any atom is -0.383 e. The first-order chi connectivity index (χ1) is 14.7. The van der Waals surface area contributed by atoms with E-state index in [1.807, 2.05) is 48.7 Å². The Morgan fingerprint density at radius 3 is 2.55 bits per heavy atom. The first-order valence-electron chi connectivity index (χ1n) is 9.65. The summed E-state index contributed by atoms with van der Waals surface area (Å²) in [5.74, 6) is 1.36. The SMILES string of the molecule is Cl.Nc1ncnc2nc(-c3ccc(N4CCOCC4)nc3)cc(-c3cccc(Br)c3)c12. The van der Waals surface area contributed by atoms with Gasteiger partial charge >= 0.3 is 0 Å². The van der Waals surface area contributed by atoms with Gasteiger partial charge in [0.25, 0.3) is 0 Å². The Labute approximate surface area is 194 Å². The fourth-order valence-corrected chi connectivity index (χ4v) is 4.04. The summed E-state index contributed by atoms with van der Waals surface area (Å²) in [6, 6.07) is 14.2. The summed E-state index contributed by atoms with van der Waals surface area (Å²) in [4.78, 5) is 20.2. The number of rotatable bonds is 3. The molecule has 1 aliphatic heterocycles. The Bertz CT molecular complexity index is 1210. The van der Waals surface area contributed by atoms with E-state index in [9.17, 15) is 0 Å². The number of nitrogen functional groups attached to an aromatic ring is 1. The summed E-state index contributed by atoms with van der Waals surface area (Å²) in [5, 5.41) is 0.747. The second kappa shape index (κ2) is 9.13. The molecule has 4 aromatic rings. The van der Waals surface area contributed by atoms with E-state index in [1.54, 1.807) is 0 Å². The molecule has 3 aromatic heterocycles. The molecule has 0 aliphatic carbocycles. The van der Waals surface area contributed by atoms with Gasteiger partial charge in [-0.3, -0.25) is 0 Å². The molecule has 31 heavy (non-hydrogen) atoms. The number of morpholine rings is 1. The van der Waals surface area contributed by atoms with Crippen LogP contribution in [0, 0.1) is 0 Å². The predicted octanol–water partition coefficient (Wildman–Crippen LogP) is 4.36. The highest BCUT2D eigenvalue weighted by atomic mass is 79.9. The number of nitrogens with two attached hydrogens (primary N) is 1. The number of fused-ring (bicyclic) bond motifs is 1. The molecule has 1 fully saturated rings. The zero-order chi connectivity index (χ0) is 20.5. The average molecular weight is 500 g/mol. The van der Waals surface area contributed by atoms with Crippen LogP contribution in [-0.4, -0.2) is 46.2 Å². The Morgan fingerprint density at radius 1 is 0.968 bits per heavy atom. The van der Waals surface area contributed by atoms with Gasteiger partial charge < -0.3 is 15.4 Å². The van der Waals surface area contributed by atoms with Crippen LogP contribution in [0.4, 0.5) is 11.6 Å². The predicted molar refractivity (Wildman–Crippen MR) is 128 cm³/mol. The van der Waals surface area contributed by atoms with Crippen molar-refractivity contribution in [3.05, 3.63) is 59.5 Å². The Morgan fingerprint density at radius 2 is 1.81 bits per heavy atom. The minimum atomic E-state index is 0. The lowest BCUT2D eigenvalue weighted by Gasteiger charge is -2.27. The van der Waals surface area contributed by atoms with Gasteiger partial charge in [-0.2, -0.15) is 0 Å². The number of halogens is 2. The second-order valence-electron chi connectivity index (χ2n) is 7.03. The maximum atomic E-state index is 6.19. The van der Waals surface area contributed by atoms with Crippen LogP contribution in [0.25, 0.3) is 33.4 Å². The van der Waals surface area contributed by atoms with Gasteiger partial charge in [0.2, 0.25) is 0 Å². The molecular weight excluding hydrogens is 480 g/mol. The molecule has 2 N–H and O–H groups in total. The topological polar surface area (TPSA) is 90.0 Å². The normalized spacial score (nSPS) is 13.8. The number of benzene rings is 1. The van der Waals surface area contributed by atoms with Gasteiger partial charge in [-0.05, 0) is 41.5 Å². The first-order valence-corrected chi connectivity index (χ1v) is 10.4. The van der Waals surface area contributed by atoms with E-state index >= 15 is 0 Å². The smallest absolute Gasteiger partial charge is 0.165 e. The van der Waals surface area contributed by atoms with E-state index in [2.05, 4.69) is 35.8 Å². The molecule has 7 nitrogen and oxygen atoms in total. The van der Waals surface area contributed by atoms with E-state index in [4.69, 9.17) is 15.5 Å². The summed E-state index contributed by atoms with van der Waals surface area (Å²) in [6.45, 7) is 3.16. The molecule has 0 unspecified atom stereocenters. The lowest BCUT2D eigenvalue weighted by Crippen LogP contribution is -2.36. The van der Waals surface area contributed by atoms with Crippen molar-refractivity contribution in [1.82, 2.24) is 19.9 Å². The number of nitrogens with zero attached hydrogens (tertiary/aromatic N) is 5. The number of aromatic nitrogens is 4. The van der Waals surface area contributed by atoms with E-state index in [1.165, 1.54) is 6.33 Å². The highest BCUT2D eigenvalue weighted by Crippen LogP contribution is 2.34. The molecule has 0 amide bonds. The van der Waals surface area contributed by atoms with Gasteiger partial charge in [0.1, 0.15) is 18.0 Å². The maximum Gasteiger partial charge on any atom is 0.165 e. The van der Waals surface area contributed by atoms with Crippen LogP contribution in [0.2, 0.25) is 0 Å². The van der Waals surface area contributed by atoms with E-state index < -0.39 is 0 Å². The van der Waals surface area contributed by atoms with Crippen LogP contribution in [-0.2, 0) is 4.74 Å². The van der Waals surface area contributed by atoms with Crippen molar-refractivity contribution in [2.75, 3.05) is 36.9 Å². The first kappa shape index (κ1) is 21.4. The maximum absolute atomic E-state index is 6.19. The van der Waals surface area contributed by atoms with Crippen molar-refractivity contribution in [3.63, 3.8) is 0 Å². The third-order valence-corrected chi connectivity index (χ3v) is 5.64. The number of hydrogen-bond donors (Lipinski definition) is 1. The molecule has 9 heteroatoms. The molecular formula is C22H20BrClN6O. The Balaban J connectivity index is 0.00000231. The molecule has 158 valence electrons. The molecule has 1 aliphatic rings. The second-order valence-corrected chi connectivity index (χ2v) is 7.94. The summed E-state index contributed by atoms with van der Waals surface area (Å²) >= 11 is 3.55. The number of anilines is 2. The Kier molecular flexibility index (Phi) is 6.31. The highest BCUT2D eigenvalue weighted by Gasteiger charge is 2.16. The third kappa shape index (κ3) is 4.32. The van der Waals surface area contributed by atoms with Crippen LogP contribution >= 0.6 is 28.3 Å². The molecule has 0 spiro atoms. The summed E-state index contributed by atoms with van der Waals surface area (Å²) in [6.07, 6.45) is 3.30. The van der Waals surface area contributed by atoms with Gasteiger partial charge in [-0.15, -0.1) is 12.4 Å². The minimum absolute atomic E-state index is 0. The molecule has 0 atom stereocenters. The molecule has 4 heterocycles.